The molecule has 1 aliphatic rings. The molecule has 1 fully saturated rings. The maximum atomic E-state index is 12.1. The third kappa shape index (κ3) is 5.41. The fourth-order valence-electron chi connectivity index (χ4n) is 3.11. The summed E-state index contributed by atoms with van der Waals surface area (Å²) in [5.74, 6) is 1.43. The van der Waals surface area contributed by atoms with E-state index in [0.29, 0.717) is 30.7 Å². The minimum atomic E-state index is -0.494. The summed E-state index contributed by atoms with van der Waals surface area (Å²) < 4.78 is 5.73. The van der Waals surface area contributed by atoms with Crippen molar-refractivity contribution in [2.24, 2.45) is 29.2 Å². The molecule has 1 saturated carbocycles. The van der Waals surface area contributed by atoms with Gasteiger partial charge >= 0.3 is 5.97 Å². The number of carbonyl (C=O) groups excluding carboxylic acids is 1. The smallest absolute Gasteiger partial charge is 0.323 e. The minimum absolute atomic E-state index is 0.0480. The predicted octanol–water partition coefficient (Wildman–Crippen LogP) is 2.45. The summed E-state index contributed by atoms with van der Waals surface area (Å²) >= 11 is 0. The number of carbonyl (C=O) groups is 1. The Kier molecular flexibility index (Phi) is 7.52. The van der Waals surface area contributed by atoms with Gasteiger partial charge in [0.25, 0.3) is 0 Å². The van der Waals surface area contributed by atoms with E-state index < -0.39 is 6.04 Å². The van der Waals surface area contributed by atoms with Crippen LogP contribution in [0.3, 0.4) is 0 Å². The lowest BCUT2D eigenvalue weighted by atomic mass is 9.75. The van der Waals surface area contributed by atoms with Crippen LogP contribution in [0.1, 0.15) is 59.3 Å². The molecule has 1 rings (SSSR count). The number of rotatable bonds is 7. The zero-order chi connectivity index (χ0) is 15.1. The van der Waals surface area contributed by atoms with Gasteiger partial charge in [0.15, 0.2) is 0 Å². The molecule has 0 radical (unpaired) electrons. The quantitative estimate of drug-likeness (QED) is 0.556. The molecule has 0 saturated heterocycles. The van der Waals surface area contributed by atoms with Crippen LogP contribution in [-0.4, -0.2) is 24.7 Å². The maximum Gasteiger partial charge on any atom is 0.323 e. The minimum Gasteiger partial charge on any atom is -0.461 e. The summed E-state index contributed by atoms with van der Waals surface area (Å²) in [7, 11) is 0. The van der Waals surface area contributed by atoms with Gasteiger partial charge in [0.1, 0.15) is 12.1 Å². The third-order valence-corrected chi connectivity index (χ3v) is 4.50. The van der Waals surface area contributed by atoms with E-state index in [-0.39, 0.29) is 12.1 Å². The average molecular weight is 284 g/mol. The SMILES string of the molecule is CC1CCC(C(C)C)C(OC(=O)[C@@H](N)CCCCN)C1. The standard InChI is InChI=1S/C16H32N2O2/c1-11(2)13-8-7-12(3)10-15(13)20-16(19)14(18)6-4-5-9-17/h11-15H,4-10,17-18H2,1-3H3/t12?,13?,14-,15?/m0/s1. The first kappa shape index (κ1) is 17.4. The monoisotopic (exact) mass is 284 g/mol. The molecule has 1 aliphatic carbocycles. The van der Waals surface area contributed by atoms with Crippen LogP contribution < -0.4 is 11.5 Å². The molecule has 4 nitrogen and oxygen atoms in total. The van der Waals surface area contributed by atoms with Gasteiger partial charge < -0.3 is 16.2 Å². The van der Waals surface area contributed by atoms with Crippen LogP contribution in [-0.2, 0) is 9.53 Å². The second-order valence-electron chi connectivity index (χ2n) is 6.69. The zero-order valence-electron chi connectivity index (χ0n) is 13.3. The normalized spacial score (nSPS) is 28.4. The Morgan fingerprint density at radius 2 is 2.00 bits per heavy atom. The molecule has 4 atom stereocenters. The van der Waals surface area contributed by atoms with Gasteiger partial charge in [0.05, 0.1) is 0 Å². The molecule has 4 heteroatoms. The van der Waals surface area contributed by atoms with Crippen molar-refractivity contribution < 1.29 is 9.53 Å². The Bertz CT molecular complexity index is 294. The van der Waals surface area contributed by atoms with E-state index in [1.165, 1.54) is 6.42 Å². The average Bonchev–Trinajstić information content (AvgIpc) is 2.38. The lowest BCUT2D eigenvalue weighted by Crippen LogP contribution is -2.41. The molecule has 20 heavy (non-hydrogen) atoms. The van der Waals surface area contributed by atoms with Crippen LogP contribution in [0.4, 0.5) is 0 Å². The largest absolute Gasteiger partial charge is 0.461 e. The van der Waals surface area contributed by atoms with Gasteiger partial charge in [-0.15, -0.1) is 0 Å². The van der Waals surface area contributed by atoms with Gasteiger partial charge in [-0.25, -0.2) is 0 Å². The van der Waals surface area contributed by atoms with Gasteiger partial charge in [0, 0.05) is 0 Å². The second kappa shape index (κ2) is 8.63. The van der Waals surface area contributed by atoms with E-state index in [0.717, 1.165) is 25.7 Å². The first-order valence-corrected chi connectivity index (χ1v) is 8.11. The van der Waals surface area contributed by atoms with Crippen LogP contribution in [0.2, 0.25) is 0 Å². The van der Waals surface area contributed by atoms with Gasteiger partial charge in [-0.3, -0.25) is 4.79 Å². The Morgan fingerprint density at radius 1 is 1.30 bits per heavy atom. The van der Waals surface area contributed by atoms with Gasteiger partial charge in [-0.1, -0.05) is 33.6 Å². The number of nitrogens with two attached hydrogens (primary N) is 2. The molecule has 4 N–H and O–H groups in total. The Labute approximate surface area is 123 Å². The van der Waals surface area contributed by atoms with Gasteiger partial charge in [-0.2, -0.15) is 0 Å². The van der Waals surface area contributed by atoms with Gasteiger partial charge in [0.2, 0.25) is 0 Å². The summed E-state index contributed by atoms with van der Waals surface area (Å²) in [4.78, 5) is 12.1. The Morgan fingerprint density at radius 3 is 2.60 bits per heavy atom. The Balaban J connectivity index is 2.48. The van der Waals surface area contributed by atoms with Crippen molar-refractivity contribution in [2.75, 3.05) is 6.54 Å². The van der Waals surface area contributed by atoms with Crippen LogP contribution in [0, 0.1) is 17.8 Å². The molecule has 0 aromatic heterocycles. The highest BCUT2D eigenvalue weighted by molar-refractivity contribution is 5.75. The highest BCUT2D eigenvalue weighted by Gasteiger charge is 2.34. The van der Waals surface area contributed by atoms with E-state index in [9.17, 15) is 4.79 Å². The lowest BCUT2D eigenvalue weighted by molar-refractivity contribution is -0.157. The summed E-state index contributed by atoms with van der Waals surface area (Å²) in [6.07, 6.45) is 5.89. The van der Waals surface area contributed by atoms with Crippen molar-refractivity contribution in [1.82, 2.24) is 0 Å². The summed E-state index contributed by atoms with van der Waals surface area (Å²) in [5, 5.41) is 0. The lowest BCUT2D eigenvalue weighted by Gasteiger charge is -2.37. The number of esters is 1. The first-order chi connectivity index (χ1) is 9.45. The van der Waals surface area contributed by atoms with Gasteiger partial charge in [-0.05, 0) is 50.0 Å². The van der Waals surface area contributed by atoms with Crippen LogP contribution in [0.15, 0.2) is 0 Å². The topological polar surface area (TPSA) is 78.3 Å². The summed E-state index contributed by atoms with van der Waals surface area (Å²) in [6, 6.07) is -0.494. The molecule has 0 heterocycles. The molecule has 0 aliphatic heterocycles. The second-order valence-corrected chi connectivity index (χ2v) is 6.69. The number of hydrogen-bond acceptors (Lipinski definition) is 4. The van der Waals surface area contributed by atoms with E-state index in [4.69, 9.17) is 16.2 Å². The van der Waals surface area contributed by atoms with E-state index in [1.54, 1.807) is 0 Å². The molecule has 0 aromatic carbocycles. The highest BCUT2D eigenvalue weighted by Crippen LogP contribution is 2.35. The fraction of sp³-hybridized carbons (Fsp3) is 0.938. The van der Waals surface area contributed by atoms with Crippen molar-refractivity contribution in [3.05, 3.63) is 0 Å². The molecule has 0 aromatic rings. The van der Waals surface area contributed by atoms with Crippen molar-refractivity contribution >= 4 is 5.97 Å². The molecule has 3 unspecified atom stereocenters. The zero-order valence-corrected chi connectivity index (χ0v) is 13.3. The van der Waals surface area contributed by atoms with Crippen molar-refractivity contribution in [1.29, 1.82) is 0 Å². The van der Waals surface area contributed by atoms with Crippen LogP contribution in [0.5, 0.6) is 0 Å². The maximum absolute atomic E-state index is 12.1. The fourth-order valence-corrected chi connectivity index (χ4v) is 3.11. The molecule has 118 valence electrons. The van der Waals surface area contributed by atoms with E-state index in [2.05, 4.69) is 20.8 Å². The predicted molar refractivity (Wildman–Crippen MR) is 82.1 cm³/mol. The number of hydrogen-bond donors (Lipinski definition) is 2. The number of unbranched alkanes of at least 4 members (excludes halogenated alkanes) is 1. The third-order valence-electron chi connectivity index (χ3n) is 4.50. The van der Waals surface area contributed by atoms with Crippen molar-refractivity contribution in [3.8, 4) is 0 Å². The van der Waals surface area contributed by atoms with Crippen molar-refractivity contribution in [2.45, 2.75) is 71.4 Å². The van der Waals surface area contributed by atoms with Crippen molar-refractivity contribution in [3.63, 3.8) is 0 Å². The molecule has 0 amide bonds. The van der Waals surface area contributed by atoms with E-state index >= 15 is 0 Å². The first-order valence-electron chi connectivity index (χ1n) is 8.11. The Hall–Kier alpha value is -0.610. The molecular weight excluding hydrogens is 252 g/mol. The molecular formula is C16H32N2O2. The molecule has 0 spiro atoms. The number of ether oxygens (including phenoxy) is 1. The van der Waals surface area contributed by atoms with E-state index in [1.807, 2.05) is 0 Å². The van der Waals surface area contributed by atoms with Crippen LogP contribution >= 0.6 is 0 Å². The summed E-state index contributed by atoms with van der Waals surface area (Å²) in [5.41, 5.74) is 11.4. The summed E-state index contributed by atoms with van der Waals surface area (Å²) in [6.45, 7) is 7.31. The molecule has 0 bridgehead atoms. The highest BCUT2D eigenvalue weighted by atomic mass is 16.5. The van der Waals surface area contributed by atoms with Crippen LogP contribution in [0.25, 0.3) is 0 Å².